The summed E-state index contributed by atoms with van der Waals surface area (Å²) in [4.78, 5) is 39.0. The standard InChI is InChI=1S/C22H16N2O3/c1-14-7-5-6-10-17(14)20(25)23-15-11-12-18-19(13-15)22(27)24(21(18)26)16-8-3-2-4-9-16/h2-13H,1H3,(H,23,25). The van der Waals surface area contributed by atoms with E-state index in [1.165, 1.54) is 0 Å². The molecule has 4 rings (SSSR count). The lowest BCUT2D eigenvalue weighted by Gasteiger charge is -2.13. The first-order valence-electron chi connectivity index (χ1n) is 8.51. The quantitative estimate of drug-likeness (QED) is 0.720. The van der Waals surface area contributed by atoms with Crippen LogP contribution in [0.3, 0.4) is 0 Å². The van der Waals surface area contributed by atoms with Crippen molar-refractivity contribution in [2.75, 3.05) is 10.2 Å². The lowest BCUT2D eigenvalue weighted by atomic mass is 10.1. The Balaban J connectivity index is 1.64. The van der Waals surface area contributed by atoms with Crippen LogP contribution in [-0.4, -0.2) is 17.7 Å². The first-order chi connectivity index (χ1) is 13.1. The number of nitrogens with one attached hydrogen (secondary N) is 1. The smallest absolute Gasteiger partial charge is 0.266 e. The minimum Gasteiger partial charge on any atom is -0.322 e. The zero-order valence-electron chi connectivity index (χ0n) is 14.6. The summed E-state index contributed by atoms with van der Waals surface area (Å²) in [7, 11) is 0. The van der Waals surface area contributed by atoms with Gasteiger partial charge in [0.15, 0.2) is 0 Å². The van der Waals surface area contributed by atoms with Crippen LogP contribution in [0.4, 0.5) is 11.4 Å². The Kier molecular flexibility index (Phi) is 4.05. The van der Waals surface area contributed by atoms with Gasteiger partial charge in [0.1, 0.15) is 0 Å². The topological polar surface area (TPSA) is 66.5 Å². The molecule has 0 aliphatic carbocycles. The Bertz CT molecular complexity index is 1070. The molecule has 0 radical (unpaired) electrons. The molecule has 1 aliphatic heterocycles. The molecule has 0 fully saturated rings. The number of hydrogen-bond acceptors (Lipinski definition) is 3. The number of para-hydroxylation sites is 1. The highest BCUT2D eigenvalue weighted by molar-refractivity contribution is 6.34. The van der Waals surface area contributed by atoms with Crippen molar-refractivity contribution in [1.82, 2.24) is 0 Å². The maximum atomic E-state index is 12.8. The van der Waals surface area contributed by atoms with Gasteiger partial charge in [0.2, 0.25) is 0 Å². The number of amides is 3. The lowest BCUT2D eigenvalue weighted by molar-refractivity contribution is 0.0924. The van der Waals surface area contributed by atoms with Crippen molar-refractivity contribution < 1.29 is 14.4 Å². The fraction of sp³-hybridized carbons (Fsp3) is 0.0455. The SMILES string of the molecule is Cc1ccccc1C(=O)Nc1ccc2c(c1)C(=O)N(c1ccccc1)C2=O. The van der Waals surface area contributed by atoms with E-state index in [9.17, 15) is 14.4 Å². The fourth-order valence-electron chi connectivity index (χ4n) is 3.16. The van der Waals surface area contributed by atoms with Crippen molar-refractivity contribution in [3.05, 3.63) is 95.1 Å². The van der Waals surface area contributed by atoms with Gasteiger partial charge in [-0.1, -0.05) is 36.4 Å². The Morgan fingerprint density at radius 2 is 1.48 bits per heavy atom. The Hall–Kier alpha value is -3.73. The number of rotatable bonds is 3. The number of imide groups is 1. The van der Waals surface area contributed by atoms with Crippen LogP contribution in [0.5, 0.6) is 0 Å². The van der Waals surface area contributed by atoms with Gasteiger partial charge in [-0.05, 0) is 48.9 Å². The first kappa shape index (κ1) is 16.7. The molecule has 0 aromatic heterocycles. The number of nitrogens with zero attached hydrogens (tertiary/aromatic N) is 1. The van der Waals surface area contributed by atoms with E-state index in [0.717, 1.165) is 10.5 Å². The van der Waals surface area contributed by atoms with Crippen LogP contribution in [0.2, 0.25) is 0 Å². The second kappa shape index (κ2) is 6.53. The number of aryl methyl sites for hydroxylation is 1. The molecule has 27 heavy (non-hydrogen) atoms. The summed E-state index contributed by atoms with van der Waals surface area (Å²) in [5.41, 5.74) is 3.03. The highest BCUT2D eigenvalue weighted by Gasteiger charge is 2.36. The van der Waals surface area contributed by atoms with Gasteiger partial charge in [-0.15, -0.1) is 0 Å². The maximum absolute atomic E-state index is 12.8. The van der Waals surface area contributed by atoms with E-state index in [1.54, 1.807) is 54.6 Å². The number of hydrogen-bond donors (Lipinski definition) is 1. The number of benzene rings is 3. The number of carbonyl (C=O) groups excluding carboxylic acids is 3. The van der Waals surface area contributed by atoms with E-state index in [2.05, 4.69) is 5.32 Å². The largest absolute Gasteiger partial charge is 0.322 e. The predicted molar refractivity (Wildman–Crippen MR) is 103 cm³/mol. The van der Waals surface area contributed by atoms with Gasteiger partial charge in [-0.2, -0.15) is 0 Å². The number of fused-ring (bicyclic) bond motifs is 1. The van der Waals surface area contributed by atoms with Crippen molar-refractivity contribution in [3.63, 3.8) is 0 Å². The number of carbonyl (C=O) groups is 3. The van der Waals surface area contributed by atoms with E-state index >= 15 is 0 Å². The summed E-state index contributed by atoms with van der Waals surface area (Å²) < 4.78 is 0. The Morgan fingerprint density at radius 1 is 0.815 bits per heavy atom. The second-order valence-corrected chi connectivity index (χ2v) is 6.31. The minimum absolute atomic E-state index is 0.260. The third kappa shape index (κ3) is 2.89. The van der Waals surface area contributed by atoms with Gasteiger partial charge in [-0.3, -0.25) is 14.4 Å². The van der Waals surface area contributed by atoms with Gasteiger partial charge in [0.05, 0.1) is 16.8 Å². The summed E-state index contributed by atoms with van der Waals surface area (Å²) in [5.74, 6) is -1.02. The zero-order chi connectivity index (χ0) is 19.0. The maximum Gasteiger partial charge on any atom is 0.266 e. The zero-order valence-corrected chi connectivity index (χ0v) is 14.6. The van der Waals surface area contributed by atoms with Crippen LogP contribution in [0.1, 0.15) is 36.6 Å². The molecular formula is C22H16N2O3. The van der Waals surface area contributed by atoms with Crippen LogP contribution in [-0.2, 0) is 0 Å². The third-order valence-electron chi connectivity index (χ3n) is 4.55. The molecule has 3 aromatic rings. The van der Waals surface area contributed by atoms with E-state index in [1.807, 2.05) is 25.1 Å². The van der Waals surface area contributed by atoms with Crippen molar-refractivity contribution in [2.45, 2.75) is 6.92 Å². The van der Waals surface area contributed by atoms with Crippen LogP contribution < -0.4 is 10.2 Å². The molecule has 0 saturated heterocycles. The van der Waals surface area contributed by atoms with Crippen molar-refractivity contribution in [3.8, 4) is 0 Å². The van der Waals surface area contributed by atoms with Gasteiger partial charge >= 0.3 is 0 Å². The monoisotopic (exact) mass is 356 g/mol. The third-order valence-corrected chi connectivity index (χ3v) is 4.55. The molecule has 0 atom stereocenters. The molecule has 3 amide bonds. The summed E-state index contributed by atoms with van der Waals surface area (Å²) in [6.07, 6.45) is 0. The molecule has 0 saturated carbocycles. The van der Waals surface area contributed by atoms with Gasteiger partial charge in [0.25, 0.3) is 17.7 Å². The molecule has 1 aliphatic rings. The number of anilines is 2. The summed E-state index contributed by atoms with van der Waals surface area (Å²) in [6.45, 7) is 1.86. The van der Waals surface area contributed by atoms with E-state index < -0.39 is 5.91 Å². The lowest BCUT2D eigenvalue weighted by Crippen LogP contribution is -2.29. The van der Waals surface area contributed by atoms with Crippen LogP contribution >= 0.6 is 0 Å². The predicted octanol–water partition coefficient (Wildman–Crippen LogP) is 4.05. The van der Waals surface area contributed by atoms with Crippen LogP contribution in [0.25, 0.3) is 0 Å². The van der Waals surface area contributed by atoms with Crippen LogP contribution in [0, 0.1) is 6.92 Å². The van der Waals surface area contributed by atoms with Crippen molar-refractivity contribution >= 4 is 29.1 Å². The van der Waals surface area contributed by atoms with Crippen molar-refractivity contribution in [1.29, 1.82) is 0 Å². The molecule has 3 aromatic carbocycles. The minimum atomic E-state index is -0.395. The normalized spacial score (nSPS) is 12.9. The molecule has 132 valence electrons. The summed E-state index contributed by atoms with van der Waals surface area (Å²) >= 11 is 0. The van der Waals surface area contributed by atoms with Crippen LogP contribution in [0.15, 0.2) is 72.8 Å². The van der Waals surface area contributed by atoms with Crippen molar-refractivity contribution in [2.24, 2.45) is 0 Å². The molecule has 5 nitrogen and oxygen atoms in total. The average molecular weight is 356 g/mol. The van der Waals surface area contributed by atoms with E-state index in [-0.39, 0.29) is 17.4 Å². The summed E-state index contributed by atoms with van der Waals surface area (Å²) in [5, 5.41) is 2.80. The Labute approximate surface area is 156 Å². The second-order valence-electron chi connectivity index (χ2n) is 6.31. The first-order valence-corrected chi connectivity index (χ1v) is 8.51. The molecule has 0 bridgehead atoms. The molecule has 5 heteroatoms. The molecule has 1 heterocycles. The highest BCUT2D eigenvalue weighted by atomic mass is 16.2. The van der Waals surface area contributed by atoms with E-state index in [0.29, 0.717) is 22.5 Å². The molecule has 1 N–H and O–H groups in total. The van der Waals surface area contributed by atoms with Gasteiger partial charge in [0, 0.05) is 11.3 Å². The molecular weight excluding hydrogens is 340 g/mol. The molecule has 0 unspecified atom stereocenters. The highest BCUT2D eigenvalue weighted by Crippen LogP contribution is 2.30. The average Bonchev–Trinajstić information content (AvgIpc) is 2.93. The van der Waals surface area contributed by atoms with Gasteiger partial charge < -0.3 is 5.32 Å². The fourth-order valence-corrected chi connectivity index (χ4v) is 3.16. The van der Waals surface area contributed by atoms with E-state index in [4.69, 9.17) is 0 Å². The summed E-state index contributed by atoms with van der Waals surface area (Å²) in [6, 6.07) is 20.8. The Morgan fingerprint density at radius 3 is 2.22 bits per heavy atom. The van der Waals surface area contributed by atoms with Gasteiger partial charge in [-0.25, -0.2) is 4.90 Å². The molecule has 0 spiro atoms.